The number of aromatic nitrogens is 2. The normalized spacial score (nSPS) is 10.2. The highest BCUT2D eigenvalue weighted by atomic mass is 16.6. The zero-order valence-electron chi connectivity index (χ0n) is 12.8. The second kappa shape index (κ2) is 6.73. The Labute approximate surface area is 135 Å². The van der Waals surface area contributed by atoms with Crippen LogP contribution in [0, 0.1) is 20.2 Å². The van der Waals surface area contributed by atoms with Gasteiger partial charge in [-0.25, -0.2) is 0 Å². The molecule has 0 bridgehead atoms. The summed E-state index contributed by atoms with van der Waals surface area (Å²) in [6, 6.07) is 3.83. The minimum atomic E-state index is -0.915. The van der Waals surface area contributed by atoms with Crippen molar-refractivity contribution in [2.45, 2.75) is 13.5 Å². The summed E-state index contributed by atoms with van der Waals surface area (Å²) in [4.78, 5) is 32.9. The van der Waals surface area contributed by atoms with Crippen LogP contribution in [0.15, 0.2) is 24.4 Å². The van der Waals surface area contributed by atoms with Gasteiger partial charge < -0.3 is 10.1 Å². The smallest absolute Gasteiger partial charge is 0.320 e. The monoisotopic (exact) mass is 335 g/mol. The lowest BCUT2D eigenvalue weighted by Gasteiger charge is -2.06. The number of amides is 1. The molecule has 1 N–H and O–H groups in total. The van der Waals surface area contributed by atoms with Gasteiger partial charge in [0.2, 0.25) is 5.69 Å². The van der Waals surface area contributed by atoms with Crippen LogP contribution in [0.5, 0.6) is 5.75 Å². The number of hydrogen-bond acceptors (Lipinski definition) is 7. The SMILES string of the molecule is CCn1cc([N+](=O)[O-])c(C(=O)Nc2ccc(OC)cc2[N+](=O)[O-])n1. The number of aryl methyl sites for hydroxylation is 1. The average Bonchev–Trinajstić information content (AvgIpc) is 2.99. The fraction of sp³-hybridized carbons (Fsp3) is 0.231. The van der Waals surface area contributed by atoms with E-state index < -0.39 is 32.8 Å². The highest BCUT2D eigenvalue weighted by molar-refractivity contribution is 6.06. The molecular weight excluding hydrogens is 322 g/mol. The molecule has 0 aliphatic heterocycles. The van der Waals surface area contributed by atoms with E-state index in [2.05, 4.69) is 10.4 Å². The quantitative estimate of drug-likeness (QED) is 0.628. The van der Waals surface area contributed by atoms with Crippen molar-refractivity contribution in [1.82, 2.24) is 9.78 Å². The Morgan fingerprint density at radius 3 is 2.50 bits per heavy atom. The summed E-state index contributed by atoms with van der Waals surface area (Å²) in [5.41, 5.74) is -1.43. The molecule has 0 aliphatic rings. The highest BCUT2D eigenvalue weighted by Gasteiger charge is 2.27. The van der Waals surface area contributed by atoms with Crippen LogP contribution in [-0.4, -0.2) is 32.6 Å². The van der Waals surface area contributed by atoms with Gasteiger partial charge in [-0.15, -0.1) is 0 Å². The van der Waals surface area contributed by atoms with Crippen LogP contribution in [0.3, 0.4) is 0 Å². The van der Waals surface area contributed by atoms with Crippen molar-refractivity contribution in [3.63, 3.8) is 0 Å². The summed E-state index contributed by atoms with van der Waals surface area (Å²) in [7, 11) is 1.35. The van der Waals surface area contributed by atoms with Gasteiger partial charge in [-0.3, -0.25) is 29.7 Å². The summed E-state index contributed by atoms with van der Waals surface area (Å²) >= 11 is 0. The molecule has 24 heavy (non-hydrogen) atoms. The van der Waals surface area contributed by atoms with E-state index in [1.807, 2.05) is 0 Å². The van der Waals surface area contributed by atoms with E-state index in [1.54, 1.807) is 6.92 Å². The third-order valence-corrected chi connectivity index (χ3v) is 3.13. The number of nitrogens with one attached hydrogen (secondary N) is 1. The van der Waals surface area contributed by atoms with Crippen molar-refractivity contribution in [3.8, 4) is 5.75 Å². The van der Waals surface area contributed by atoms with Crippen molar-refractivity contribution in [2.75, 3.05) is 12.4 Å². The lowest BCUT2D eigenvalue weighted by atomic mass is 10.2. The van der Waals surface area contributed by atoms with Crippen LogP contribution >= 0.6 is 0 Å². The topological polar surface area (TPSA) is 142 Å². The van der Waals surface area contributed by atoms with Crippen molar-refractivity contribution in [1.29, 1.82) is 0 Å². The Hall–Kier alpha value is -3.50. The van der Waals surface area contributed by atoms with Crippen LogP contribution < -0.4 is 10.1 Å². The summed E-state index contributed by atoms with van der Waals surface area (Å²) in [6.45, 7) is 2.03. The summed E-state index contributed by atoms with van der Waals surface area (Å²) in [6.07, 6.45) is 1.12. The number of methoxy groups -OCH3 is 1. The van der Waals surface area contributed by atoms with Gasteiger partial charge in [0.15, 0.2) is 0 Å². The average molecular weight is 335 g/mol. The van der Waals surface area contributed by atoms with Crippen LogP contribution in [0.4, 0.5) is 17.1 Å². The number of benzene rings is 1. The summed E-state index contributed by atoms with van der Waals surface area (Å²) < 4.78 is 6.13. The van der Waals surface area contributed by atoms with Gasteiger partial charge in [-0.2, -0.15) is 5.10 Å². The van der Waals surface area contributed by atoms with Crippen molar-refractivity contribution in [2.24, 2.45) is 0 Å². The third kappa shape index (κ3) is 3.29. The zero-order chi connectivity index (χ0) is 17.9. The first-order valence-corrected chi connectivity index (χ1v) is 6.73. The van der Waals surface area contributed by atoms with Crippen LogP contribution in [0.25, 0.3) is 0 Å². The van der Waals surface area contributed by atoms with E-state index in [9.17, 15) is 25.0 Å². The van der Waals surface area contributed by atoms with Gasteiger partial charge in [0, 0.05) is 6.54 Å². The van der Waals surface area contributed by atoms with Gasteiger partial charge in [-0.1, -0.05) is 0 Å². The molecule has 1 aromatic carbocycles. The van der Waals surface area contributed by atoms with Crippen molar-refractivity contribution in [3.05, 3.63) is 50.3 Å². The summed E-state index contributed by atoms with van der Waals surface area (Å²) in [5, 5.41) is 28.2. The molecule has 0 radical (unpaired) electrons. The van der Waals surface area contributed by atoms with Gasteiger partial charge in [0.1, 0.15) is 17.6 Å². The first kappa shape index (κ1) is 16.9. The standard InChI is InChI=1S/C13H13N5O6/c1-3-16-7-11(18(22)23)12(15-16)13(19)14-9-5-4-8(24-2)6-10(9)17(20)21/h4-7H,3H2,1-2H3,(H,14,19). The molecule has 11 heteroatoms. The number of carbonyl (C=O) groups is 1. The zero-order valence-corrected chi connectivity index (χ0v) is 12.8. The first-order chi connectivity index (χ1) is 11.4. The molecular formula is C13H13N5O6. The maximum absolute atomic E-state index is 12.3. The molecule has 0 unspecified atom stereocenters. The minimum Gasteiger partial charge on any atom is -0.496 e. The van der Waals surface area contributed by atoms with E-state index >= 15 is 0 Å². The molecule has 0 aliphatic carbocycles. The molecule has 11 nitrogen and oxygen atoms in total. The number of rotatable bonds is 6. The van der Waals surface area contributed by atoms with E-state index in [-0.39, 0.29) is 11.4 Å². The second-order valence-electron chi connectivity index (χ2n) is 4.57. The maximum atomic E-state index is 12.3. The number of nitrogens with zero attached hydrogens (tertiary/aromatic N) is 4. The third-order valence-electron chi connectivity index (χ3n) is 3.13. The summed E-state index contributed by atoms with van der Waals surface area (Å²) in [5.74, 6) is -0.678. The molecule has 1 amide bonds. The van der Waals surface area contributed by atoms with Crippen LogP contribution in [-0.2, 0) is 6.54 Å². The Balaban J connectivity index is 2.38. The van der Waals surface area contributed by atoms with E-state index in [0.717, 1.165) is 12.3 Å². The minimum absolute atomic E-state index is 0.119. The predicted molar refractivity (Wildman–Crippen MR) is 82.2 cm³/mol. The van der Waals surface area contributed by atoms with Gasteiger partial charge in [0.05, 0.1) is 23.0 Å². The Morgan fingerprint density at radius 1 is 1.29 bits per heavy atom. The number of hydrogen-bond donors (Lipinski definition) is 1. The number of ether oxygens (including phenoxy) is 1. The molecule has 0 spiro atoms. The van der Waals surface area contributed by atoms with Crippen molar-refractivity contribution < 1.29 is 19.4 Å². The van der Waals surface area contributed by atoms with Gasteiger partial charge in [0.25, 0.3) is 11.6 Å². The highest BCUT2D eigenvalue weighted by Crippen LogP contribution is 2.30. The molecule has 1 aromatic heterocycles. The van der Waals surface area contributed by atoms with Gasteiger partial charge in [-0.05, 0) is 19.1 Å². The van der Waals surface area contributed by atoms with Gasteiger partial charge >= 0.3 is 5.69 Å². The second-order valence-corrected chi connectivity index (χ2v) is 4.57. The molecule has 2 aromatic rings. The van der Waals surface area contributed by atoms with Crippen LogP contribution in [0.2, 0.25) is 0 Å². The fourth-order valence-corrected chi connectivity index (χ4v) is 1.94. The lowest BCUT2D eigenvalue weighted by Crippen LogP contribution is -2.15. The van der Waals surface area contributed by atoms with E-state index in [4.69, 9.17) is 4.74 Å². The maximum Gasteiger partial charge on any atom is 0.320 e. The number of nitro groups is 2. The number of carbonyl (C=O) groups excluding carboxylic acids is 1. The lowest BCUT2D eigenvalue weighted by molar-refractivity contribution is -0.385. The molecule has 0 atom stereocenters. The van der Waals surface area contributed by atoms with E-state index in [1.165, 1.54) is 23.9 Å². The predicted octanol–water partition coefficient (Wildman–Crippen LogP) is 1.98. The Morgan fingerprint density at radius 2 is 1.96 bits per heavy atom. The molecule has 2 rings (SSSR count). The molecule has 0 fully saturated rings. The fourth-order valence-electron chi connectivity index (χ4n) is 1.94. The number of anilines is 1. The van der Waals surface area contributed by atoms with Crippen LogP contribution in [0.1, 0.15) is 17.4 Å². The van der Waals surface area contributed by atoms with Crippen molar-refractivity contribution >= 4 is 23.0 Å². The molecule has 126 valence electrons. The molecule has 1 heterocycles. The number of nitro benzene ring substituents is 1. The Bertz CT molecular complexity index is 815. The molecule has 0 saturated carbocycles. The molecule has 0 saturated heterocycles. The largest absolute Gasteiger partial charge is 0.496 e. The van der Waals surface area contributed by atoms with E-state index in [0.29, 0.717) is 6.54 Å². The Kier molecular flexibility index (Phi) is 4.73. The first-order valence-electron chi connectivity index (χ1n) is 6.73.